The van der Waals surface area contributed by atoms with Crippen molar-refractivity contribution >= 4 is 28.8 Å². The number of rotatable bonds is 6. The summed E-state index contributed by atoms with van der Waals surface area (Å²) in [5, 5.41) is 23.3. The Bertz CT molecular complexity index is 983. The molecule has 1 heterocycles. The summed E-state index contributed by atoms with van der Waals surface area (Å²) in [6.07, 6.45) is 3.04. The van der Waals surface area contributed by atoms with E-state index in [0.717, 1.165) is 10.8 Å². The fourth-order valence-corrected chi connectivity index (χ4v) is 2.54. The lowest BCUT2D eigenvalue weighted by Crippen LogP contribution is -2.07. The number of aromatic nitrogens is 2. The van der Waals surface area contributed by atoms with E-state index in [9.17, 15) is 9.90 Å². The quantitative estimate of drug-likeness (QED) is 0.519. The van der Waals surface area contributed by atoms with Crippen molar-refractivity contribution in [2.45, 2.75) is 0 Å². The molecule has 0 atom stereocenters. The first-order chi connectivity index (χ1) is 12.7. The Morgan fingerprint density at radius 2 is 2.00 bits per heavy atom. The van der Waals surface area contributed by atoms with Gasteiger partial charge in [-0.3, -0.25) is 5.43 Å². The number of nitrogens with zero attached hydrogens (tertiary/aromatic N) is 3. The van der Waals surface area contributed by atoms with Crippen LogP contribution in [-0.4, -0.2) is 41.7 Å². The minimum Gasteiger partial charge on any atom is -0.493 e. The van der Waals surface area contributed by atoms with Crippen molar-refractivity contribution in [3.05, 3.63) is 53.7 Å². The van der Waals surface area contributed by atoms with Gasteiger partial charge < -0.3 is 14.6 Å². The van der Waals surface area contributed by atoms with Gasteiger partial charge >= 0.3 is 5.97 Å². The third-order valence-corrected chi connectivity index (χ3v) is 3.74. The molecule has 0 unspecified atom stereocenters. The number of hydrogen-bond donors (Lipinski definition) is 2. The Hall–Kier alpha value is -3.68. The highest BCUT2D eigenvalue weighted by Gasteiger charge is 2.20. The highest BCUT2D eigenvalue weighted by atomic mass is 16.5. The Morgan fingerprint density at radius 1 is 1.19 bits per heavy atom. The maximum absolute atomic E-state index is 11.6. The minimum absolute atomic E-state index is 0.0404. The molecular weight excluding hydrogens is 336 g/mol. The third kappa shape index (κ3) is 3.25. The molecule has 0 aliphatic rings. The van der Waals surface area contributed by atoms with Gasteiger partial charge in [0.25, 0.3) is 0 Å². The van der Waals surface area contributed by atoms with Gasteiger partial charge in [0.05, 0.1) is 26.6 Å². The van der Waals surface area contributed by atoms with Gasteiger partial charge in [-0.05, 0) is 12.1 Å². The van der Waals surface area contributed by atoms with Crippen LogP contribution in [0.2, 0.25) is 0 Å². The molecule has 0 amide bonds. The number of ether oxygens (including phenoxy) is 2. The standard InChI is InChI=1S/C18H16N4O4/c1-25-14-8-7-12(15(18(23)24)16(14)26-2)10-20-22-17-13-6-4-3-5-11(13)9-19-21-17/h3-10H,1-2H3,(H,21,22)(H,23,24)/b20-10-. The van der Waals surface area contributed by atoms with Gasteiger partial charge in [-0.2, -0.15) is 10.2 Å². The topological polar surface area (TPSA) is 106 Å². The lowest BCUT2D eigenvalue weighted by Gasteiger charge is -2.12. The number of carbonyl (C=O) groups is 1. The number of anilines is 1. The van der Waals surface area contributed by atoms with Crippen LogP contribution >= 0.6 is 0 Å². The second-order valence-corrected chi connectivity index (χ2v) is 5.22. The van der Waals surface area contributed by atoms with Crippen molar-refractivity contribution in [3.63, 3.8) is 0 Å². The Kier molecular flexibility index (Phi) is 4.93. The van der Waals surface area contributed by atoms with Gasteiger partial charge in [-0.1, -0.05) is 24.3 Å². The predicted molar refractivity (Wildman–Crippen MR) is 97.3 cm³/mol. The summed E-state index contributed by atoms with van der Waals surface area (Å²) in [5.74, 6) is -0.215. The molecule has 2 N–H and O–H groups in total. The van der Waals surface area contributed by atoms with E-state index in [4.69, 9.17) is 9.47 Å². The summed E-state index contributed by atoms with van der Waals surface area (Å²) in [6, 6.07) is 10.8. The van der Waals surface area contributed by atoms with Crippen molar-refractivity contribution < 1.29 is 19.4 Å². The maximum Gasteiger partial charge on any atom is 0.340 e. The monoisotopic (exact) mass is 352 g/mol. The second kappa shape index (κ2) is 7.47. The molecule has 0 spiro atoms. The molecule has 26 heavy (non-hydrogen) atoms. The molecule has 2 aromatic carbocycles. The van der Waals surface area contributed by atoms with Crippen molar-refractivity contribution in [2.75, 3.05) is 19.6 Å². The first-order valence-corrected chi connectivity index (χ1v) is 7.63. The van der Waals surface area contributed by atoms with E-state index in [1.54, 1.807) is 18.3 Å². The van der Waals surface area contributed by atoms with Crippen LogP contribution in [0, 0.1) is 0 Å². The zero-order valence-corrected chi connectivity index (χ0v) is 14.1. The summed E-state index contributed by atoms with van der Waals surface area (Å²) in [5.41, 5.74) is 3.12. The molecule has 0 saturated heterocycles. The number of carboxylic acid groups (broad SMARTS) is 1. The van der Waals surface area contributed by atoms with E-state index in [1.807, 2.05) is 24.3 Å². The van der Waals surface area contributed by atoms with Gasteiger partial charge in [0.15, 0.2) is 17.3 Å². The van der Waals surface area contributed by atoms with Crippen LogP contribution in [0.5, 0.6) is 11.5 Å². The number of fused-ring (bicyclic) bond motifs is 1. The Morgan fingerprint density at radius 3 is 2.73 bits per heavy atom. The van der Waals surface area contributed by atoms with Crippen LogP contribution in [0.15, 0.2) is 47.7 Å². The molecule has 0 radical (unpaired) electrons. The van der Waals surface area contributed by atoms with Crippen LogP contribution in [0.25, 0.3) is 10.8 Å². The number of hydrazone groups is 1. The fraction of sp³-hybridized carbons (Fsp3) is 0.111. The van der Waals surface area contributed by atoms with Gasteiger partial charge in [0.2, 0.25) is 0 Å². The van der Waals surface area contributed by atoms with E-state index in [2.05, 4.69) is 20.7 Å². The number of carboxylic acids is 1. The fourth-order valence-electron chi connectivity index (χ4n) is 2.54. The van der Waals surface area contributed by atoms with Crippen molar-refractivity contribution in [3.8, 4) is 11.5 Å². The van der Waals surface area contributed by atoms with Crippen LogP contribution in [0.3, 0.4) is 0 Å². The van der Waals surface area contributed by atoms with E-state index in [1.165, 1.54) is 20.4 Å². The summed E-state index contributed by atoms with van der Waals surface area (Å²) in [4.78, 5) is 11.6. The first kappa shape index (κ1) is 17.2. The molecule has 1 aromatic heterocycles. The molecule has 3 rings (SSSR count). The SMILES string of the molecule is COc1ccc(/C=N\Nc2nncc3ccccc23)c(C(=O)O)c1OC. The van der Waals surface area contributed by atoms with Crippen molar-refractivity contribution in [2.24, 2.45) is 5.10 Å². The molecule has 0 saturated carbocycles. The first-order valence-electron chi connectivity index (χ1n) is 7.63. The van der Waals surface area contributed by atoms with Gasteiger partial charge in [-0.25, -0.2) is 4.79 Å². The van der Waals surface area contributed by atoms with Gasteiger partial charge in [0.1, 0.15) is 5.56 Å². The van der Waals surface area contributed by atoms with Crippen molar-refractivity contribution in [1.29, 1.82) is 0 Å². The molecule has 3 aromatic rings. The smallest absolute Gasteiger partial charge is 0.340 e. The van der Waals surface area contributed by atoms with Crippen LogP contribution < -0.4 is 14.9 Å². The molecule has 0 aliphatic heterocycles. The molecule has 0 bridgehead atoms. The summed E-state index contributed by atoms with van der Waals surface area (Å²) < 4.78 is 10.3. The molecule has 8 heteroatoms. The number of benzene rings is 2. The van der Waals surface area contributed by atoms with Crippen LogP contribution in [0.1, 0.15) is 15.9 Å². The lowest BCUT2D eigenvalue weighted by molar-refractivity contribution is 0.0692. The number of hydrogen-bond acceptors (Lipinski definition) is 7. The zero-order valence-electron chi connectivity index (χ0n) is 14.1. The lowest BCUT2D eigenvalue weighted by atomic mass is 10.1. The summed E-state index contributed by atoms with van der Waals surface area (Å²) >= 11 is 0. The summed E-state index contributed by atoms with van der Waals surface area (Å²) in [7, 11) is 2.83. The molecule has 8 nitrogen and oxygen atoms in total. The van der Waals surface area contributed by atoms with Crippen LogP contribution in [0.4, 0.5) is 5.82 Å². The van der Waals surface area contributed by atoms with Crippen molar-refractivity contribution in [1.82, 2.24) is 10.2 Å². The minimum atomic E-state index is -1.15. The van der Waals surface area contributed by atoms with Gasteiger partial charge in [0, 0.05) is 16.3 Å². The molecule has 132 valence electrons. The van der Waals surface area contributed by atoms with E-state index < -0.39 is 5.97 Å². The van der Waals surface area contributed by atoms with Gasteiger partial charge in [-0.15, -0.1) is 5.10 Å². The third-order valence-electron chi connectivity index (χ3n) is 3.74. The molecule has 0 fully saturated rings. The maximum atomic E-state index is 11.6. The Balaban J connectivity index is 1.94. The normalized spacial score (nSPS) is 10.8. The number of aromatic carboxylic acids is 1. The highest BCUT2D eigenvalue weighted by molar-refractivity contribution is 6.02. The average molecular weight is 352 g/mol. The number of nitrogens with one attached hydrogen (secondary N) is 1. The summed E-state index contributed by atoms with van der Waals surface area (Å²) in [6.45, 7) is 0. The molecule has 0 aliphatic carbocycles. The number of methoxy groups -OCH3 is 2. The second-order valence-electron chi connectivity index (χ2n) is 5.22. The van der Waals surface area contributed by atoms with Crippen LogP contribution in [-0.2, 0) is 0 Å². The highest BCUT2D eigenvalue weighted by Crippen LogP contribution is 2.33. The predicted octanol–water partition coefficient (Wildman–Crippen LogP) is 2.79. The molecular formula is C18H16N4O4. The average Bonchev–Trinajstić information content (AvgIpc) is 2.67. The van der Waals surface area contributed by atoms with E-state index >= 15 is 0 Å². The van der Waals surface area contributed by atoms with E-state index in [-0.39, 0.29) is 11.3 Å². The van der Waals surface area contributed by atoms with E-state index in [0.29, 0.717) is 17.1 Å². The zero-order chi connectivity index (χ0) is 18.5. The Labute approximate surface area is 149 Å². The largest absolute Gasteiger partial charge is 0.493 e.